The summed E-state index contributed by atoms with van der Waals surface area (Å²) in [6, 6.07) is 6.25. The molecule has 0 aromatic heterocycles. The molecule has 0 amide bonds. The summed E-state index contributed by atoms with van der Waals surface area (Å²) < 4.78 is 2.12. The van der Waals surface area contributed by atoms with Crippen molar-refractivity contribution in [3.05, 3.63) is 32.7 Å². The number of terminal acetylenes is 1. The third-order valence-corrected chi connectivity index (χ3v) is 3.73. The summed E-state index contributed by atoms with van der Waals surface area (Å²) >= 11 is 6.88. The summed E-state index contributed by atoms with van der Waals surface area (Å²) in [5, 5.41) is 3.22. The van der Waals surface area contributed by atoms with Crippen LogP contribution in [0, 0.1) is 12.3 Å². The maximum atomic E-state index is 5.26. The molecule has 3 heteroatoms. The van der Waals surface area contributed by atoms with Gasteiger partial charge in [-0.3, -0.25) is 5.32 Å². The van der Waals surface area contributed by atoms with Crippen LogP contribution in [-0.4, -0.2) is 6.04 Å². The van der Waals surface area contributed by atoms with Crippen LogP contribution in [0.3, 0.4) is 0 Å². The van der Waals surface area contributed by atoms with Gasteiger partial charge >= 0.3 is 0 Å². The highest BCUT2D eigenvalue weighted by Gasteiger charge is 2.00. The smallest absolute Gasteiger partial charge is 0.0660 e. The van der Waals surface area contributed by atoms with Crippen LogP contribution in [0.5, 0.6) is 0 Å². The second-order valence-corrected chi connectivity index (χ2v) is 4.73. The molecule has 1 N–H and O–H groups in total. The number of benzene rings is 1. The van der Waals surface area contributed by atoms with Gasteiger partial charge in [0.2, 0.25) is 0 Å². The second kappa shape index (κ2) is 5.55. The van der Waals surface area contributed by atoms with E-state index in [1.165, 1.54) is 5.56 Å². The molecule has 1 unspecified atom stereocenters. The standard InChI is InChI=1S/C11H11Br2N/c1-3-8(2)14-7-9-4-5-10(12)11(13)6-9/h1,4-6,8,14H,7H2,2H3. The fourth-order valence-electron chi connectivity index (χ4n) is 0.979. The summed E-state index contributed by atoms with van der Waals surface area (Å²) in [6.45, 7) is 2.76. The molecular formula is C11H11Br2N. The van der Waals surface area contributed by atoms with Crippen molar-refractivity contribution in [2.45, 2.75) is 19.5 Å². The van der Waals surface area contributed by atoms with Crippen LogP contribution in [0.2, 0.25) is 0 Å². The van der Waals surface area contributed by atoms with Crippen LogP contribution in [0.25, 0.3) is 0 Å². The zero-order valence-corrected chi connectivity index (χ0v) is 11.0. The fourth-order valence-corrected chi connectivity index (χ4v) is 1.65. The number of halogens is 2. The van der Waals surface area contributed by atoms with Gasteiger partial charge < -0.3 is 0 Å². The zero-order valence-electron chi connectivity index (χ0n) is 7.85. The van der Waals surface area contributed by atoms with Gasteiger partial charge in [0.05, 0.1) is 6.04 Å². The number of hydrogen-bond acceptors (Lipinski definition) is 1. The third kappa shape index (κ3) is 3.45. The molecule has 1 atom stereocenters. The Kier molecular flexibility index (Phi) is 4.67. The van der Waals surface area contributed by atoms with Crippen LogP contribution in [0.4, 0.5) is 0 Å². The molecule has 0 spiro atoms. The van der Waals surface area contributed by atoms with Crippen molar-refractivity contribution in [2.24, 2.45) is 0 Å². The van der Waals surface area contributed by atoms with E-state index < -0.39 is 0 Å². The van der Waals surface area contributed by atoms with Crippen LogP contribution >= 0.6 is 31.9 Å². The molecule has 0 aliphatic rings. The Labute approximate surface area is 102 Å². The highest BCUT2D eigenvalue weighted by Crippen LogP contribution is 2.23. The normalized spacial score (nSPS) is 12.1. The Bertz CT molecular complexity index is 355. The number of hydrogen-bond donors (Lipinski definition) is 1. The predicted octanol–water partition coefficient (Wildman–Crippen LogP) is 3.32. The maximum absolute atomic E-state index is 5.26. The van der Waals surface area contributed by atoms with Crippen LogP contribution in [-0.2, 0) is 6.54 Å². The molecule has 1 rings (SSSR count). The van der Waals surface area contributed by atoms with Gasteiger partial charge in [0.1, 0.15) is 0 Å². The van der Waals surface area contributed by atoms with Gasteiger partial charge in [0, 0.05) is 15.5 Å². The molecule has 0 fully saturated rings. The Hall–Kier alpha value is -0.300. The Morgan fingerprint density at radius 2 is 2.14 bits per heavy atom. The van der Waals surface area contributed by atoms with E-state index >= 15 is 0 Å². The van der Waals surface area contributed by atoms with E-state index in [0.717, 1.165) is 15.5 Å². The summed E-state index contributed by atoms with van der Waals surface area (Å²) in [5.41, 5.74) is 1.21. The molecule has 0 aliphatic carbocycles. The zero-order chi connectivity index (χ0) is 10.6. The van der Waals surface area contributed by atoms with E-state index in [2.05, 4.69) is 55.2 Å². The fraction of sp³-hybridized carbons (Fsp3) is 0.273. The molecule has 1 aromatic rings. The van der Waals surface area contributed by atoms with Crippen molar-refractivity contribution < 1.29 is 0 Å². The van der Waals surface area contributed by atoms with Crippen LogP contribution < -0.4 is 5.32 Å². The predicted molar refractivity (Wildman–Crippen MR) is 67.0 cm³/mol. The molecule has 1 aromatic carbocycles. The monoisotopic (exact) mass is 315 g/mol. The first-order chi connectivity index (χ1) is 6.63. The quantitative estimate of drug-likeness (QED) is 0.844. The Morgan fingerprint density at radius 3 is 2.71 bits per heavy atom. The van der Waals surface area contributed by atoms with Crippen molar-refractivity contribution in [3.8, 4) is 12.3 Å². The van der Waals surface area contributed by atoms with E-state index in [1.54, 1.807) is 0 Å². The lowest BCUT2D eigenvalue weighted by molar-refractivity contribution is 0.648. The second-order valence-electron chi connectivity index (χ2n) is 3.02. The lowest BCUT2D eigenvalue weighted by atomic mass is 10.2. The molecule has 14 heavy (non-hydrogen) atoms. The molecule has 0 bridgehead atoms. The minimum Gasteiger partial charge on any atom is -0.300 e. The molecule has 0 saturated heterocycles. The number of nitrogens with one attached hydrogen (secondary N) is 1. The topological polar surface area (TPSA) is 12.0 Å². The van der Waals surface area contributed by atoms with Crippen LogP contribution in [0.1, 0.15) is 12.5 Å². The van der Waals surface area contributed by atoms with Gasteiger partial charge in [-0.1, -0.05) is 12.0 Å². The van der Waals surface area contributed by atoms with Gasteiger partial charge in [0.25, 0.3) is 0 Å². The SMILES string of the molecule is C#CC(C)NCc1ccc(Br)c(Br)c1. The minimum atomic E-state index is 0.109. The first-order valence-electron chi connectivity index (χ1n) is 4.27. The van der Waals surface area contributed by atoms with Crippen molar-refractivity contribution in [3.63, 3.8) is 0 Å². The third-order valence-electron chi connectivity index (χ3n) is 1.85. The van der Waals surface area contributed by atoms with Gasteiger partial charge in [-0.25, -0.2) is 0 Å². The van der Waals surface area contributed by atoms with E-state index in [0.29, 0.717) is 0 Å². The van der Waals surface area contributed by atoms with Crippen molar-refractivity contribution in [1.29, 1.82) is 0 Å². The average Bonchev–Trinajstić information content (AvgIpc) is 2.19. The largest absolute Gasteiger partial charge is 0.300 e. The molecule has 0 saturated carbocycles. The maximum Gasteiger partial charge on any atom is 0.0660 e. The average molecular weight is 317 g/mol. The lowest BCUT2D eigenvalue weighted by Gasteiger charge is -2.08. The van der Waals surface area contributed by atoms with Crippen LogP contribution in [0.15, 0.2) is 27.1 Å². The molecular weight excluding hydrogens is 306 g/mol. The highest BCUT2D eigenvalue weighted by atomic mass is 79.9. The first kappa shape index (κ1) is 11.8. The van der Waals surface area contributed by atoms with E-state index in [9.17, 15) is 0 Å². The molecule has 0 radical (unpaired) electrons. The van der Waals surface area contributed by atoms with E-state index in [-0.39, 0.29) is 6.04 Å². The van der Waals surface area contributed by atoms with E-state index in [1.807, 2.05) is 13.0 Å². The molecule has 0 heterocycles. The summed E-state index contributed by atoms with van der Waals surface area (Å²) in [6.07, 6.45) is 5.26. The lowest BCUT2D eigenvalue weighted by Crippen LogP contribution is -2.23. The highest BCUT2D eigenvalue weighted by molar-refractivity contribution is 9.13. The van der Waals surface area contributed by atoms with Crippen molar-refractivity contribution in [2.75, 3.05) is 0 Å². The Morgan fingerprint density at radius 1 is 1.43 bits per heavy atom. The van der Waals surface area contributed by atoms with E-state index in [4.69, 9.17) is 6.42 Å². The molecule has 1 nitrogen and oxygen atoms in total. The summed E-state index contributed by atoms with van der Waals surface area (Å²) in [4.78, 5) is 0. The van der Waals surface area contributed by atoms with Gasteiger partial charge in [-0.2, -0.15) is 0 Å². The first-order valence-corrected chi connectivity index (χ1v) is 5.85. The van der Waals surface area contributed by atoms with Crippen molar-refractivity contribution in [1.82, 2.24) is 5.32 Å². The molecule has 74 valence electrons. The number of rotatable bonds is 3. The molecule has 0 aliphatic heterocycles. The van der Waals surface area contributed by atoms with Crippen molar-refractivity contribution >= 4 is 31.9 Å². The summed E-state index contributed by atoms with van der Waals surface area (Å²) in [5.74, 6) is 2.63. The minimum absolute atomic E-state index is 0.109. The Balaban J connectivity index is 2.61. The summed E-state index contributed by atoms with van der Waals surface area (Å²) in [7, 11) is 0. The van der Waals surface area contributed by atoms with Gasteiger partial charge in [-0.05, 0) is 56.5 Å². The van der Waals surface area contributed by atoms with Gasteiger partial charge in [-0.15, -0.1) is 6.42 Å². The van der Waals surface area contributed by atoms with Gasteiger partial charge in [0.15, 0.2) is 0 Å².